The third kappa shape index (κ3) is 5.20. The second-order valence-electron chi connectivity index (χ2n) is 13.4. The van der Waals surface area contributed by atoms with Crippen LogP contribution < -0.4 is 11.1 Å². The Morgan fingerprint density at radius 1 is 0.946 bits per heavy atom. The first-order valence-electron chi connectivity index (χ1n) is 14.7. The van der Waals surface area contributed by atoms with Crippen LogP contribution in [0.25, 0.3) is 0 Å². The first-order valence-corrected chi connectivity index (χ1v) is 14.7. The molecule has 8 heteroatoms. The molecular formula is C29H50N2O6. The molecule has 0 spiro atoms. The van der Waals surface area contributed by atoms with Crippen molar-refractivity contribution in [3.8, 4) is 0 Å². The molecule has 1 amide bonds. The third-order valence-corrected chi connectivity index (χ3v) is 11.6. The average Bonchev–Trinajstić information content (AvgIpc) is 3.21. The first kappa shape index (κ1) is 28.8. The van der Waals surface area contributed by atoms with Crippen molar-refractivity contribution in [2.75, 3.05) is 6.54 Å². The quantitative estimate of drug-likeness (QED) is 0.272. The minimum absolute atomic E-state index is 0.0454. The molecule has 4 aliphatic carbocycles. The Balaban J connectivity index is 1.42. The molecule has 4 fully saturated rings. The number of carbonyl (C=O) groups is 2. The number of hydrogen-bond acceptors (Lipinski definition) is 6. The van der Waals surface area contributed by atoms with Gasteiger partial charge in [-0.25, -0.2) is 4.79 Å². The molecule has 0 unspecified atom stereocenters. The van der Waals surface area contributed by atoms with Gasteiger partial charge in [-0.2, -0.15) is 0 Å². The van der Waals surface area contributed by atoms with Crippen molar-refractivity contribution in [2.24, 2.45) is 52.1 Å². The van der Waals surface area contributed by atoms with Crippen LogP contribution in [0.15, 0.2) is 0 Å². The van der Waals surface area contributed by atoms with Crippen molar-refractivity contribution in [1.29, 1.82) is 0 Å². The van der Waals surface area contributed by atoms with Gasteiger partial charge in [0.25, 0.3) is 0 Å². The molecule has 7 N–H and O–H groups in total. The third-order valence-electron chi connectivity index (χ3n) is 11.6. The molecule has 0 aliphatic heterocycles. The van der Waals surface area contributed by atoms with Crippen molar-refractivity contribution >= 4 is 11.9 Å². The number of nitrogens with one attached hydrogen (secondary N) is 1. The fraction of sp³-hybridized carbons (Fsp3) is 0.931. The van der Waals surface area contributed by atoms with Crippen LogP contribution in [-0.2, 0) is 9.59 Å². The summed E-state index contributed by atoms with van der Waals surface area (Å²) in [6.45, 7) is 7.28. The van der Waals surface area contributed by atoms with Crippen LogP contribution in [0.2, 0.25) is 0 Å². The number of amides is 1. The zero-order chi connectivity index (χ0) is 27.1. The molecule has 0 aromatic heterocycles. The number of rotatable bonds is 9. The highest BCUT2D eigenvalue weighted by Gasteiger charge is 2.65. The molecule has 4 aliphatic rings. The van der Waals surface area contributed by atoms with Crippen LogP contribution >= 0.6 is 0 Å². The summed E-state index contributed by atoms with van der Waals surface area (Å²) in [6, 6.07) is -0.889. The molecule has 4 rings (SSSR count). The van der Waals surface area contributed by atoms with E-state index < -0.39 is 24.2 Å². The molecule has 0 aromatic rings. The van der Waals surface area contributed by atoms with Gasteiger partial charge in [0.05, 0.1) is 18.3 Å². The van der Waals surface area contributed by atoms with Gasteiger partial charge < -0.3 is 31.5 Å². The van der Waals surface area contributed by atoms with Gasteiger partial charge in [-0.05, 0) is 117 Å². The Kier molecular flexibility index (Phi) is 8.64. The van der Waals surface area contributed by atoms with Gasteiger partial charge in [0, 0.05) is 6.42 Å². The topological polar surface area (TPSA) is 153 Å². The number of fused-ring (bicyclic) bond motifs is 5. The average molecular weight is 523 g/mol. The summed E-state index contributed by atoms with van der Waals surface area (Å²) in [4.78, 5) is 24.1. The Morgan fingerprint density at radius 2 is 1.62 bits per heavy atom. The fourth-order valence-electron chi connectivity index (χ4n) is 9.62. The largest absolute Gasteiger partial charge is 0.480 e. The predicted octanol–water partition coefficient (Wildman–Crippen LogP) is 2.67. The lowest BCUT2D eigenvalue weighted by Gasteiger charge is -2.63. The van der Waals surface area contributed by atoms with E-state index >= 15 is 0 Å². The Hall–Kier alpha value is -1.22. The van der Waals surface area contributed by atoms with Gasteiger partial charge in [0.2, 0.25) is 5.91 Å². The van der Waals surface area contributed by atoms with Crippen molar-refractivity contribution in [3.05, 3.63) is 0 Å². The summed E-state index contributed by atoms with van der Waals surface area (Å²) in [7, 11) is 0. The number of hydrogen-bond donors (Lipinski definition) is 6. The summed E-state index contributed by atoms with van der Waals surface area (Å²) in [5, 5.41) is 45.0. The van der Waals surface area contributed by atoms with Crippen molar-refractivity contribution in [3.63, 3.8) is 0 Å². The van der Waals surface area contributed by atoms with Crippen LogP contribution in [0, 0.1) is 46.3 Å². The van der Waals surface area contributed by atoms with E-state index in [0.29, 0.717) is 62.3 Å². The lowest BCUT2D eigenvalue weighted by molar-refractivity contribution is -0.223. The zero-order valence-electron chi connectivity index (χ0n) is 22.9. The maximum absolute atomic E-state index is 12.6. The highest BCUT2D eigenvalue weighted by atomic mass is 16.4. The van der Waals surface area contributed by atoms with E-state index in [1.807, 2.05) is 0 Å². The summed E-state index contributed by atoms with van der Waals surface area (Å²) >= 11 is 0. The van der Waals surface area contributed by atoms with Crippen LogP contribution in [0.5, 0.6) is 0 Å². The molecule has 12 atom stereocenters. The monoisotopic (exact) mass is 522 g/mol. The molecule has 8 nitrogen and oxygen atoms in total. The lowest BCUT2D eigenvalue weighted by atomic mass is 9.43. The first-order chi connectivity index (χ1) is 17.4. The van der Waals surface area contributed by atoms with E-state index in [4.69, 9.17) is 5.73 Å². The second kappa shape index (κ2) is 11.1. The van der Waals surface area contributed by atoms with Crippen LogP contribution in [-0.4, -0.2) is 63.2 Å². The molecule has 4 saturated carbocycles. The maximum Gasteiger partial charge on any atom is 0.326 e. The van der Waals surface area contributed by atoms with Crippen LogP contribution in [0.1, 0.15) is 91.4 Å². The van der Waals surface area contributed by atoms with E-state index in [2.05, 4.69) is 26.1 Å². The number of aliphatic hydroxyl groups is 3. The Morgan fingerprint density at radius 3 is 2.30 bits per heavy atom. The van der Waals surface area contributed by atoms with Gasteiger partial charge >= 0.3 is 5.97 Å². The van der Waals surface area contributed by atoms with Gasteiger partial charge in [0.1, 0.15) is 6.04 Å². The minimum atomic E-state index is -1.02. The molecule has 0 bridgehead atoms. The standard InChI is InChI=1S/C29H50N2O6/c1-16(6-9-23(33)31-22(27(36)37)5-4-14-30)18-7-8-19-24-20(11-13-28(18,19)2)29(3)12-10-17(32)15-21(29)25(34)26(24)35/h16-22,24-26,32,34-35H,4-15,30H2,1-3H3,(H,31,33)(H,36,37)/t16-,17-,18-,19+,20+,21+,22+,24+,25+,26-,28-,29-/m1/s1. The molecule has 0 aromatic carbocycles. The molecule has 37 heavy (non-hydrogen) atoms. The van der Waals surface area contributed by atoms with Gasteiger partial charge in [-0.15, -0.1) is 0 Å². The number of carboxylic acid groups (broad SMARTS) is 1. The van der Waals surface area contributed by atoms with Crippen LogP contribution in [0.3, 0.4) is 0 Å². The normalized spacial score (nSPS) is 44.7. The predicted molar refractivity (Wildman–Crippen MR) is 140 cm³/mol. The number of carbonyl (C=O) groups excluding carboxylic acids is 1. The van der Waals surface area contributed by atoms with Crippen LogP contribution in [0.4, 0.5) is 0 Å². The van der Waals surface area contributed by atoms with Crippen molar-refractivity contribution < 1.29 is 30.0 Å². The lowest BCUT2D eigenvalue weighted by Crippen LogP contribution is -2.64. The highest BCUT2D eigenvalue weighted by molar-refractivity contribution is 5.83. The molecule has 0 saturated heterocycles. The summed E-state index contributed by atoms with van der Waals surface area (Å²) in [5.41, 5.74) is 5.51. The number of carboxylic acids is 1. The van der Waals surface area contributed by atoms with Gasteiger partial charge in [-0.3, -0.25) is 4.79 Å². The zero-order valence-corrected chi connectivity index (χ0v) is 22.9. The summed E-state index contributed by atoms with van der Waals surface area (Å²) in [6.07, 6.45) is 6.47. The molecular weight excluding hydrogens is 472 g/mol. The molecule has 0 heterocycles. The summed E-state index contributed by atoms with van der Waals surface area (Å²) < 4.78 is 0. The van der Waals surface area contributed by atoms with Crippen molar-refractivity contribution in [2.45, 2.75) is 116 Å². The maximum atomic E-state index is 12.6. The van der Waals surface area contributed by atoms with E-state index in [1.165, 1.54) is 0 Å². The Labute approximate surface area is 221 Å². The molecule has 212 valence electrons. The van der Waals surface area contributed by atoms with Gasteiger partial charge in [-0.1, -0.05) is 20.8 Å². The van der Waals surface area contributed by atoms with Crippen molar-refractivity contribution in [1.82, 2.24) is 5.32 Å². The number of aliphatic carboxylic acids is 1. The van der Waals surface area contributed by atoms with Gasteiger partial charge in [0.15, 0.2) is 0 Å². The molecule has 0 radical (unpaired) electrons. The van der Waals surface area contributed by atoms with E-state index in [-0.39, 0.29) is 34.7 Å². The van der Waals surface area contributed by atoms with E-state index in [1.54, 1.807) is 0 Å². The van der Waals surface area contributed by atoms with E-state index in [9.17, 15) is 30.0 Å². The van der Waals surface area contributed by atoms with E-state index in [0.717, 1.165) is 38.5 Å². The fourth-order valence-corrected chi connectivity index (χ4v) is 9.62. The number of nitrogens with two attached hydrogens (primary N) is 1. The minimum Gasteiger partial charge on any atom is -0.480 e. The second-order valence-corrected chi connectivity index (χ2v) is 13.4. The Bertz CT molecular complexity index is 839. The number of aliphatic hydroxyl groups excluding tert-OH is 3. The highest BCUT2D eigenvalue weighted by Crippen LogP contribution is 2.68. The SMILES string of the molecule is C[C@H](CCC(=O)N[C@@H](CCCN)C(=O)O)[C@H]1CC[C@H]2[C@@H]3[C@@H](O)[C@@H](O)[C@@H]4C[C@H](O)CC[C@]4(C)[C@H]3CC[C@]12C. The smallest absolute Gasteiger partial charge is 0.326 e. The summed E-state index contributed by atoms with van der Waals surface area (Å²) in [5.74, 6) is 0.233.